The monoisotopic (exact) mass is 247 g/mol. The highest BCUT2D eigenvalue weighted by Crippen LogP contribution is 2.33. The number of hydrogen-bond donors (Lipinski definition) is 1. The van der Waals surface area contributed by atoms with Gasteiger partial charge in [-0.3, -0.25) is 0 Å². The summed E-state index contributed by atoms with van der Waals surface area (Å²) < 4.78 is 5.38. The van der Waals surface area contributed by atoms with E-state index in [4.69, 9.17) is 4.74 Å². The number of anilines is 1. The molecule has 0 atom stereocenters. The van der Waals surface area contributed by atoms with Crippen molar-refractivity contribution in [1.82, 2.24) is 0 Å². The molecule has 0 heterocycles. The van der Waals surface area contributed by atoms with E-state index in [9.17, 15) is 0 Å². The van der Waals surface area contributed by atoms with Gasteiger partial charge in [0.15, 0.2) is 0 Å². The van der Waals surface area contributed by atoms with E-state index in [1.54, 1.807) is 7.11 Å². The molecule has 0 unspecified atom stereocenters. The largest absolute Gasteiger partial charge is 0.495 e. The lowest BCUT2D eigenvalue weighted by Gasteiger charge is -2.32. The molecule has 1 aliphatic rings. The maximum absolute atomic E-state index is 5.38. The Balaban J connectivity index is 1.91. The van der Waals surface area contributed by atoms with Gasteiger partial charge in [0.05, 0.1) is 12.8 Å². The van der Waals surface area contributed by atoms with Gasteiger partial charge in [-0.1, -0.05) is 26.0 Å². The molecule has 0 spiro atoms. The molecular weight excluding hydrogens is 222 g/mol. The van der Waals surface area contributed by atoms with Gasteiger partial charge in [-0.2, -0.15) is 0 Å². The van der Waals surface area contributed by atoms with E-state index in [1.165, 1.54) is 25.7 Å². The number of rotatable bonds is 4. The van der Waals surface area contributed by atoms with Crippen molar-refractivity contribution in [2.75, 3.05) is 12.4 Å². The first-order valence-corrected chi connectivity index (χ1v) is 7.10. The molecule has 1 aromatic carbocycles. The summed E-state index contributed by atoms with van der Waals surface area (Å²) in [6.07, 6.45) is 5.26. The Kier molecular flexibility index (Phi) is 4.51. The highest BCUT2D eigenvalue weighted by atomic mass is 16.5. The Labute approximate surface area is 111 Å². The molecule has 18 heavy (non-hydrogen) atoms. The van der Waals surface area contributed by atoms with E-state index in [2.05, 4.69) is 31.3 Å². The second-order valence-corrected chi connectivity index (χ2v) is 5.70. The highest BCUT2D eigenvalue weighted by molar-refractivity contribution is 5.56. The van der Waals surface area contributed by atoms with Crippen molar-refractivity contribution in [2.45, 2.75) is 45.6 Å². The predicted octanol–water partition coefficient (Wildman–Crippen LogP) is 4.32. The molecule has 0 amide bonds. The average molecular weight is 247 g/mol. The van der Waals surface area contributed by atoms with Crippen LogP contribution in [0.2, 0.25) is 0 Å². The van der Waals surface area contributed by atoms with Crippen molar-refractivity contribution in [3.63, 3.8) is 0 Å². The molecular formula is C16H25NO. The van der Waals surface area contributed by atoms with Crippen LogP contribution in [0, 0.1) is 11.8 Å². The van der Waals surface area contributed by atoms with Crippen LogP contribution in [0.4, 0.5) is 5.69 Å². The minimum Gasteiger partial charge on any atom is -0.495 e. The second-order valence-electron chi connectivity index (χ2n) is 5.70. The fourth-order valence-corrected chi connectivity index (χ4v) is 2.91. The molecule has 0 aliphatic heterocycles. The summed E-state index contributed by atoms with van der Waals surface area (Å²) in [5, 5.41) is 3.63. The zero-order valence-electron chi connectivity index (χ0n) is 11.8. The molecule has 0 bridgehead atoms. The zero-order valence-corrected chi connectivity index (χ0v) is 11.8. The lowest BCUT2D eigenvalue weighted by Crippen LogP contribution is -2.28. The number of para-hydroxylation sites is 2. The number of ether oxygens (including phenoxy) is 1. The van der Waals surface area contributed by atoms with Gasteiger partial charge in [0.2, 0.25) is 0 Å². The van der Waals surface area contributed by atoms with Crippen molar-refractivity contribution >= 4 is 5.69 Å². The number of nitrogens with one attached hydrogen (secondary N) is 1. The Hall–Kier alpha value is -1.18. The molecule has 100 valence electrons. The van der Waals surface area contributed by atoms with Crippen molar-refractivity contribution in [2.24, 2.45) is 11.8 Å². The summed E-state index contributed by atoms with van der Waals surface area (Å²) in [5.74, 6) is 2.70. The normalized spacial score (nSPS) is 24.0. The third-order valence-corrected chi connectivity index (χ3v) is 4.18. The molecule has 0 aromatic heterocycles. The van der Waals surface area contributed by atoms with Crippen molar-refractivity contribution in [3.05, 3.63) is 24.3 Å². The summed E-state index contributed by atoms with van der Waals surface area (Å²) in [6, 6.07) is 8.80. The van der Waals surface area contributed by atoms with Crippen LogP contribution in [0.3, 0.4) is 0 Å². The van der Waals surface area contributed by atoms with E-state index in [0.717, 1.165) is 23.3 Å². The first-order valence-electron chi connectivity index (χ1n) is 7.10. The van der Waals surface area contributed by atoms with Crippen molar-refractivity contribution < 1.29 is 4.74 Å². The van der Waals surface area contributed by atoms with E-state index < -0.39 is 0 Å². The predicted molar refractivity (Wildman–Crippen MR) is 77.2 cm³/mol. The van der Waals surface area contributed by atoms with Gasteiger partial charge in [0, 0.05) is 6.04 Å². The van der Waals surface area contributed by atoms with Gasteiger partial charge < -0.3 is 10.1 Å². The molecule has 1 saturated carbocycles. The standard InChI is InChI=1S/C16H25NO/c1-12(2)13-8-10-14(11-9-13)17-15-6-4-5-7-16(15)18-3/h4-7,12-14,17H,8-11H2,1-3H3. The average Bonchev–Trinajstić information content (AvgIpc) is 2.40. The molecule has 0 radical (unpaired) electrons. The first-order chi connectivity index (χ1) is 8.70. The lowest BCUT2D eigenvalue weighted by atomic mass is 9.79. The van der Waals surface area contributed by atoms with Crippen LogP contribution < -0.4 is 10.1 Å². The maximum atomic E-state index is 5.38. The lowest BCUT2D eigenvalue weighted by molar-refractivity contribution is 0.266. The van der Waals surface area contributed by atoms with Crippen LogP contribution in [0.5, 0.6) is 5.75 Å². The van der Waals surface area contributed by atoms with Gasteiger partial charge in [-0.15, -0.1) is 0 Å². The quantitative estimate of drug-likeness (QED) is 0.855. The van der Waals surface area contributed by atoms with E-state index >= 15 is 0 Å². The number of methoxy groups -OCH3 is 1. The smallest absolute Gasteiger partial charge is 0.141 e. The van der Waals surface area contributed by atoms with Crippen LogP contribution in [-0.4, -0.2) is 13.2 Å². The zero-order chi connectivity index (χ0) is 13.0. The van der Waals surface area contributed by atoms with E-state index in [1.807, 2.05) is 12.1 Å². The Morgan fingerprint density at radius 1 is 1.11 bits per heavy atom. The fraction of sp³-hybridized carbons (Fsp3) is 0.625. The van der Waals surface area contributed by atoms with E-state index in [0.29, 0.717) is 6.04 Å². The fourth-order valence-electron chi connectivity index (χ4n) is 2.91. The number of benzene rings is 1. The van der Waals surface area contributed by atoms with Gasteiger partial charge in [-0.05, 0) is 49.7 Å². The molecule has 2 rings (SSSR count). The van der Waals surface area contributed by atoms with Crippen LogP contribution in [0.1, 0.15) is 39.5 Å². The Bertz CT molecular complexity index is 367. The van der Waals surface area contributed by atoms with Gasteiger partial charge in [-0.25, -0.2) is 0 Å². The number of hydrogen-bond acceptors (Lipinski definition) is 2. The summed E-state index contributed by atoms with van der Waals surface area (Å²) in [7, 11) is 1.73. The Morgan fingerprint density at radius 2 is 1.78 bits per heavy atom. The van der Waals surface area contributed by atoms with Crippen molar-refractivity contribution in [1.29, 1.82) is 0 Å². The van der Waals surface area contributed by atoms with Crippen LogP contribution in [-0.2, 0) is 0 Å². The molecule has 1 aromatic rings. The van der Waals surface area contributed by atoms with Gasteiger partial charge >= 0.3 is 0 Å². The minimum absolute atomic E-state index is 0.608. The van der Waals surface area contributed by atoms with Gasteiger partial charge in [0.25, 0.3) is 0 Å². The highest BCUT2D eigenvalue weighted by Gasteiger charge is 2.23. The van der Waals surface area contributed by atoms with Gasteiger partial charge in [0.1, 0.15) is 5.75 Å². The third kappa shape index (κ3) is 3.18. The van der Waals surface area contributed by atoms with E-state index in [-0.39, 0.29) is 0 Å². The SMILES string of the molecule is COc1ccccc1NC1CCC(C(C)C)CC1. The Morgan fingerprint density at radius 3 is 2.39 bits per heavy atom. The molecule has 2 heteroatoms. The molecule has 2 nitrogen and oxygen atoms in total. The maximum Gasteiger partial charge on any atom is 0.141 e. The topological polar surface area (TPSA) is 21.3 Å². The molecule has 1 N–H and O–H groups in total. The summed E-state index contributed by atoms with van der Waals surface area (Å²) >= 11 is 0. The van der Waals surface area contributed by atoms with Crippen LogP contribution >= 0.6 is 0 Å². The van der Waals surface area contributed by atoms with Crippen LogP contribution in [0.25, 0.3) is 0 Å². The van der Waals surface area contributed by atoms with Crippen molar-refractivity contribution in [3.8, 4) is 5.75 Å². The minimum atomic E-state index is 0.608. The second kappa shape index (κ2) is 6.12. The molecule has 1 aliphatic carbocycles. The van der Waals surface area contributed by atoms with Crippen LogP contribution in [0.15, 0.2) is 24.3 Å². The first kappa shape index (κ1) is 13.3. The third-order valence-electron chi connectivity index (χ3n) is 4.18. The summed E-state index contributed by atoms with van der Waals surface area (Å²) in [6.45, 7) is 4.69. The molecule has 1 fully saturated rings. The summed E-state index contributed by atoms with van der Waals surface area (Å²) in [5.41, 5.74) is 1.13. The molecule has 0 saturated heterocycles. The summed E-state index contributed by atoms with van der Waals surface area (Å²) in [4.78, 5) is 0.